The van der Waals surface area contributed by atoms with E-state index in [1.54, 1.807) is 13.1 Å². The Morgan fingerprint density at radius 3 is 1.79 bits per heavy atom. The normalized spacial score (nSPS) is 38.8. The van der Waals surface area contributed by atoms with Gasteiger partial charge in [0.2, 0.25) is 0 Å². The number of likely N-dealkylation sites (N-methyl/N-ethyl adjacent to an activating group) is 1. The second-order valence-corrected chi connectivity index (χ2v) is 28.5. The van der Waals surface area contributed by atoms with Crippen molar-refractivity contribution in [2.75, 3.05) is 33.3 Å². The highest BCUT2D eigenvalue weighted by atomic mass is 31.2. The first-order valence-corrected chi connectivity index (χ1v) is 30.1. The molecule has 0 amide bonds. The van der Waals surface area contributed by atoms with Gasteiger partial charge in [0.25, 0.3) is 0 Å². The van der Waals surface area contributed by atoms with Gasteiger partial charge < -0.3 is 39.5 Å². The van der Waals surface area contributed by atoms with E-state index in [1.165, 1.54) is 122 Å². The molecule has 2 saturated heterocycles. The zero-order valence-corrected chi connectivity index (χ0v) is 45.0. The van der Waals surface area contributed by atoms with Crippen LogP contribution in [0.4, 0.5) is 0 Å². The summed E-state index contributed by atoms with van der Waals surface area (Å²) in [6.45, 7) is 16.6. The Morgan fingerprint density at radius 2 is 1.27 bits per heavy atom. The number of ether oxygens (including phenoxy) is 3. The van der Waals surface area contributed by atoms with Gasteiger partial charge >= 0.3 is 5.97 Å². The van der Waals surface area contributed by atoms with E-state index >= 15 is 0 Å². The van der Waals surface area contributed by atoms with Gasteiger partial charge in [-0.15, -0.1) is 0 Å². The minimum Gasteiger partial charge on any atom is -0.459 e. The molecule has 5 rings (SSSR count). The average Bonchev–Trinajstić information content (AvgIpc) is 3.29. The Hall–Kier alpha value is -0.420. The van der Waals surface area contributed by atoms with Crippen LogP contribution in [-0.2, 0) is 19.0 Å². The number of carbonyl (C=O) groups excluding carboxylic acids is 1. The van der Waals surface area contributed by atoms with Crippen LogP contribution in [0.1, 0.15) is 216 Å². The van der Waals surface area contributed by atoms with E-state index in [-0.39, 0.29) is 24.0 Å². The van der Waals surface area contributed by atoms with E-state index in [9.17, 15) is 25.2 Å². The summed E-state index contributed by atoms with van der Waals surface area (Å²) in [5.74, 6) is -1.34. The highest BCUT2D eigenvalue weighted by molar-refractivity contribution is 7.77. The van der Waals surface area contributed by atoms with Crippen LogP contribution in [0.2, 0.25) is 0 Å². The van der Waals surface area contributed by atoms with Gasteiger partial charge in [0.05, 0.1) is 46.9 Å². The molecular formula is C55H104N2O8P+. The zero-order chi connectivity index (χ0) is 48.2. The molecule has 0 radical (unpaired) electrons. The molecule has 0 bridgehead atoms. The number of esters is 1. The number of unbranched alkanes of at least 4 members (excludes halogenated alkanes) is 5. The summed E-state index contributed by atoms with van der Waals surface area (Å²) in [6, 6.07) is -0.598. The fraction of sp³-hybridized carbons (Fsp3) is 0.982. The first-order valence-electron chi connectivity index (χ1n) is 27.9. The molecule has 0 aromatic carbocycles. The standard InChI is InChI=1S/C55H104N2O8P/c1-11-48-55(8,62)50(59)43(6)57(33-25-14-12-13-15-26-34-66(44-27-19-16-20-28-44,45-29-21-17-22-30-45)46-31-23-18-24-32-46)38-39(2)37-54(7,61)51(40(3)35-41(4)52(60)64-48)65-53-49(58)47(56(9)10)36-42(5)63-53/h39-51,53,58-59,61-62H,11-38H2,1-10H3/q+1/t39-,40+,41-,42-,43-,47+,48-,49-,50-,51-,53+,54-,55-/m1/s1. The van der Waals surface area contributed by atoms with Crippen LogP contribution < -0.4 is 0 Å². The fourth-order valence-electron chi connectivity index (χ4n) is 14.5. The number of aliphatic hydroxyl groups excluding tert-OH is 2. The largest absolute Gasteiger partial charge is 0.459 e. The molecule has 0 aromatic rings. The summed E-state index contributed by atoms with van der Waals surface area (Å²) in [7, 11) is 2.86. The molecule has 13 atom stereocenters. The second kappa shape index (κ2) is 26.3. The van der Waals surface area contributed by atoms with Crippen LogP contribution in [0.5, 0.6) is 0 Å². The lowest BCUT2D eigenvalue weighted by Crippen LogP contribution is -2.59. The van der Waals surface area contributed by atoms with Crippen molar-refractivity contribution in [3.05, 3.63) is 0 Å². The van der Waals surface area contributed by atoms with E-state index in [4.69, 9.17) is 14.2 Å². The van der Waals surface area contributed by atoms with Gasteiger partial charge in [-0.05, 0) is 182 Å². The molecule has 5 aliphatic rings. The molecule has 66 heavy (non-hydrogen) atoms. The fourth-order valence-corrected chi connectivity index (χ4v) is 22.1. The number of carbonyl (C=O) groups is 1. The van der Waals surface area contributed by atoms with E-state index in [0.717, 1.165) is 36.4 Å². The van der Waals surface area contributed by atoms with E-state index in [0.29, 0.717) is 32.2 Å². The van der Waals surface area contributed by atoms with Gasteiger partial charge in [0, 0.05) is 25.9 Å². The summed E-state index contributed by atoms with van der Waals surface area (Å²) in [4.78, 5) is 18.1. The molecule has 3 saturated carbocycles. The van der Waals surface area contributed by atoms with Crippen molar-refractivity contribution in [1.29, 1.82) is 0 Å². The minimum atomic E-state index is -1.67. The molecule has 4 N–H and O–H groups in total. The SMILES string of the molecule is CC[C@H]1OC(=O)[C@H](C)C[C@H](C)[C@@H](O[C@@H]2O[C@H](C)C[C@H](N(C)C)[C@H]2O)[C@](C)(O)C[C@@H](C)CN(CCCCCCCC[P+](C2CCCCC2)(C2CCCCC2)C2CCCCC2)[C@H](C)[C@@H](O)[C@]1(C)O. The van der Waals surface area contributed by atoms with Gasteiger partial charge in [-0.1, -0.05) is 66.2 Å². The number of rotatable bonds is 16. The number of cyclic esters (lactones) is 1. The lowest BCUT2D eigenvalue weighted by Gasteiger charge is -2.49. The monoisotopic (exact) mass is 952 g/mol. The Balaban J connectivity index is 1.27. The summed E-state index contributed by atoms with van der Waals surface area (Å²) in [5.41, 5.74) is 0.165. The van der Waals surface area contributed by atoms with Crippen molar-refractivity contribution in [1.82, 2.24) is 9.80 Å². The number of aliphatic hydroxyl groups is 4. The maximum absolute atomic E-state index is 13.8. The first kappa shape index (κ1) is 56.5. The Labute approximate surface area is 405 Å². The molecule has 2 aliphatic heterocycles. The molecule has 3 aliphatic carbocycles. The van der Waals surface area contributed by atoms with E-state index in [2.05, 4.69) is 11.8 Å². The van der Waals surface area contributed by atoms with Crippen LogP contribution in [0.3, 0.4) is 0 Å². The molecular weight excluding hydrogens is 848 g/mol. The quantitative estimate of drug-likeness (QED) is 0.0674. The number of hydrogen-bond acceptors (Lipinski definition) is 10. The summed E-state index contributed by atoms with van der Waals surface area (Å²) in [5, 5.41) is 48.1. The van der Waals surface area contributed by atoms with E-state index in [1.807, 2.05) is 60.5 Å². The molecule has 386 valence electrons. The van der Waals surface area contributed by atoms with Gasteiger partial charge in [-0.25, -0.2) is 0 Å². The third-order valence-corrected chi connectivity index (χ3v) is 24.8. The van der Waals surface area contributed by atoms with Crippen molar-refractivity contribution in [3.63, 3.8) is 0 Å². The predicted molar refractivity (Wildman–Crippen MR) is 273 cm³/mol. The topological polar surface area (TPSA) is 132 Å². The highest BCUT2D eigenvalue weighted by Gasteiger charge is 2.56. The smallest absolute Gasteiger partial charge is 0.309 e. The van der Waals surface area contributed by atoms with Crippen LogP contribution in [0.25, 0.3) is 0 Å². The van der Waals surface area contributed by atoms with Crippen LogP contribution in [-0.4, -0.2) is 147 Å². The van der Waals surface area contributed by atoms with Crippen molar-refractivity contribution >= 4 is 13.2 Å². The molecule has 2 heterocycles. The van der Waals surface area contributed by atoms with Crippen LogP contribution in [0, 0.1) is 17.8 Å². The lowest BCUT2D eigenvalue weighted by atomic mass is 9.79. The third kappa shape index (κ3) is 14.6. The maximum atomic E-state index is 13.8. The molecule has 0 aromatic heterocycles. The molecule has 0 spiro atoms. The summed E-state index contributed by atoms with van der Waals surface area (Å²) < 4.78 is 19.0. The maximum Gasteiger partial charge on any atom is 0.309 e. The zero-order valence-electron chi connectivity index (χ0n) is 44.1. The first-order chi connectivity index (χ1) is 31.3. The summed E-state index contributed by atoms with van der Waals surface area (Å²) >= 11 is 0. The second-order valence-electron chi connectivity index (χ2n) is 23.9. The van der Waals surface area contributed by atoms with Crippen molar-refractivity contribution in [2.24, 2.45) is 17.8 Å². The molecule has 11 heteroatoms. The highest BCUT2D eigenvalue weighted by Crippen LogP contribution is 2.77. The number of hydrogen-bond donors (Lipinski definition) is 4. The lowest BCUT2D eigenvalue weighted by molar-refractivity contribution is -0.295. The minimum absolute atomic E-state index is 0.00737. The Bertz CT molecular complexity index is 1350. The average molecular weight is 952 g/mol. The summed E-state index contributed by atoms with van der Waals surface area (Å²) in [6.07, 6.45) is 28.3. The predicted octanol–water partition coefficient (Wildman–Crippen LogP) is 10.7. The van der Waals surface area contributed by atoms with Crippen LogP contribution in [0.15, 0.2) is 0 Å². The van der Waals surface area contributed by atoms with Gasteiger partial charge in [0.15, 0.2) is 6.29 Å². The van der Waals surface area contributed by atoms with Crippen molar-refractivity contribution in [2.45, 2.75) is 293 Å². The molecule has 10 nitrogen and oxygen atoms in total. The van der Waals surface area contributed by atoms with Crippen molar-refractivity contribution < 1.29 is 39.4 Å². The Kier molecular flexibility index (Phi) is 22.5. The van der Waals surface area contributed by atoms with Crippen molar-refractivity contribution in [3.8, 4) is 0 Å². The van der Waals surface area contributed by atoms with Crippen LogP contribution >= 0.6 is 7.26 Å². The van der Waals surface area contributed by atoms with E-state index < -0.39 is 67.1 Å². The molecule has 0 unspecified atom stereocenters. The Morgan fingerprint density at radius 1 is 0.758 bits per heavy atom. The van der Waals surface area contributed by atoms with Gasteiger partial charge in [-0.2, -0.15) is 0 Å². The molecule has 5 fully saturated rings. The third-order valence-electron chi connectivity index (χ3n) is 18.0. The number of nitrogens with zero attached hydrogens (tertiary/aromatic N) is 2. The van der Waals surface area contributed by atoms with Gasteiger partial charge in [0.1, 0.15) is 23.9 Å². The van der Waals surface area contributed by atoms with Gasteiger partial charge in [-0.3, -0.25) is 9.69 Å².